The van der Waals surface area contributed by atoms with Gasteiger partial charge in [-0.15, -0.1) is 0 Å². The first kappa shape index (κ1) is 13.9. The monoisotopic (exact) mass is 312 g/mol. The third-order valence-electron chi connectivity index (χ3n) is 3.32. The summed E-state index contributed by atoms with van der Waals surface area (Å²) in [4.78, 5) is 7.01. The van der Waals surface area contributed by atoms with E-state index in [1.54, 1.807) is 17.0 Å². The lowest BCUT2D eigenvalue weighted by Gasteiger charge is -2.07. The summed E-state index contributed by atoms with van der Waals surface area (Å²) in [6.07, 6.45) is -0.906. The number of hydrogen-bond donors (Lipinski definition) is 1. The molecule has 0 radical (unpaired) electrons. The van der Waals surface area contributed by atoms with E-state index in [2.05, 4.69) is 9.97 Å². The van der Waals surface area contributed by atoms with E-state index in [4.69, 9.17) is 12.2 Å². The Kier molecular flexibility index (Phi) is 3.12. The van der Waals surface area contributed by atoms with Crippen molar-refractivity contribution in [2.45, 2.75) is 12.7 Å². The van der Waals surface area contributed by atoms with Crippen molar-refractivity contribution in [3.8, 4) is 0 Å². The molecule has 0 bridgehead atoms. The standard InChI is InChI=1S/C13H11F3N4S/c1-19-5-4-17-11(19)7-20-10-3-2-8(13(14,15)16)6-9(10)18-12(20)21/h2-6H,7H2,1H3,(H,18,21). The van der Waals surface area contributed by atoms with Crippen LogP contribution in [0.4, 0.5) is 13.2 Å². The van der Waals surface area contributed by atoms with Gasteiger partial charge in [0.25, 0.3) is 0 Å². The molecule has 1 aromatic carbocycles. The van der Waals surface area contributed by atoms with Crippen LogP contribution in [0.15, 0.2) is 30.6 Å². The maximum atomic E-state index is 12.7. The number of hydrogen-bond acceptors (Lipinski definition) is 2. The zero-order valence-corrected chi connectivity index (χ0v) is 11.8. The number of aromatic nitrogens is 4. The predicted molar refractivity (Wildman–Crippen MR) is 74.4 cm³/mol. The van der Waals surface area contributed by atoms with Gasteiger partial charge in [0.1, 0.15) is 5.82 Å². The third kappa shape index (κ3) is 2.46. The average molecular weight is 312 g/mol. The van der Waals surface area contributed by atoms with Crippen LogP contribution in [-0.4, -0.2) is 19.1 Å². The highest BCUT2D eigenvalue weighted by Gasteiger charge is 2.30. The van der Waals surface area contributed by atoms with Crippen molar-refractivity contribution in [1.29, 1.82) is 0 Å². The van der Waals surface area contributed by atoms with Crippen molar-refractivity contribution < 1.29 is 13.2 Å². The van der Waals surface area contributed by atoms with Crippen LogP contribution >= 0.6 is 12.2 Å². The minimum atomic E-state index is -4.37. The molecule has 2 heterocycles. The molecule has 0 unspecified atom stereocenters. The molecule has 0 aliphatic rings. The number of halogens is 3. The number of imidazole rings is 2. The molecule has 4 nitrogen and oxygen atoms in total. The SMILES string of the molecule is Cn1ccnc1Cn1c(=S)[nH]c2cc(C(F)(F)F)ccc21. The number of alkyl halides is 3. The van der Waals surface area contributed by atoms with E-state index in [9.17, 15) is 13.2 Å². The quantitative estimate of drug-likeness (QED) is 0.736. The first-order chi connectivity index (χ1) is 9.86. The summed E-state index contributed by atoms with van der Waals surface area (Å²) < 4.78 is 42.1. The topological polar surface area (TPSA) is 38.5 Å². The number of benzene rings is 1. The van der Waals surface area contributed by atoms with Gasteiger partial charge in [-0.1, -0.05) is 0 Å². The van der Waals surface area contributed by atoms with Gasteiger partial charge in [-0.3, -0.25) is 0 Å². The Morgan fingerprint density at radius 2 is 2.10 bits per heavy atom. The van der Waals surface area contributed by atoms with Gasteiger partial charge < -0.3 is 14.1 Å². The summed E-state index contributed by atoms with van der Waals surface area (Å²) in [7, 11) is 1.85. The van der Waals surface area contributed by atoms with E-state index >= 15 is 0 Å². The van der Waals surface area contributed by atoms with Crippen molar-refractivity contribution in [2.75, 3.05) is 0 Å². The van der Waals surface area contributed by atoms with E-state index in [1.807, 2.05) is 11.6 Å². The molecule has 1 N–H and O–H groups in total. The van der Waals surface area contributed by atoms with E-state index in [-0.39, 0.29) is 0 Å². The van der Waals surface area contributed by atoms with Crippen LogP contribution in [0, 0.1) is 4.77 Å². The Morgan fingerprint density at radius 3 is 2.71 bits per heavy atom. The fourth-order valence-electron chi connectivity index (χ4n) is 2.19. The van der Waals surface area contributed by atoms with Crippen LogP contribution in [0.5, 0.6) is 0 Å². The van der Waals surface area contributed by atoms with Gasteiger partial charge in [0.05, 0.1) is 23.1 Å². The van der Waals surface area contributed by atoms with Crippen molar-refractivity contribution in [2.24, 2.45) is 7.05 Å². The number of nitrogens with zero attached hydrogens (tertiary/aromatic N) is 3. The molecule has 8 heteroatoms. The van der Waals surface area contributed by atoms with Crippen LogP contribution in [0.3, 0.4) is 0 Å². The maximum Gasteiger partial charge on any atom is 0.416 e. The van der Waals surface area contributed by atoms with Crippen molar-refractivity contribution in [1.82, 2.24) is 19.1 Å². The Morgan fingerprint density at radius 1 is 1.33 bits per heavy atom. The number of nitrogens with one attached hydrogen (secondary N) is 1. The van der Waals surface area contributed by atoms with Gasteiger partial charge >= 0.3 is 6.18 Å². The van der Waals surface area contributed by atoms with Crippen LogP contribution in [-0.2, 0) is 19.8 Å². The zero-order valence-electron chi connectivity index (χ0n) is 11.0. The lowest BCUT2D eigenvalue weighted by atomic mass is 10.2. The zero-order chi connectivity index (χ0) is 15.2. The summed E-state index contributed by atoms with van der Waals surface area (Å²) in [6, 6.07) is 3.55. The molecule has 21 heavy (non-hydrogen) atoms. The summed E-state index contributed by atoms with van der Waals surface area (Å²) in [5, 5.41) is 0. The van der Waals surface area contributed by atoms with Gasteiger partial charge in [-0.05, 0) is 30.4 Å². The fourth-order valence-corrected chi connectivity index (χ4v) is 2.46. The van der Waals surface area contributed by atoms with E-state index in [1.165, 1.54) is 6.07 Å². The highest BCUT2D eigenvalue weighted by molar-refractivity contribution is 7.71. The normalized spacial score (nSPS) is 12.2. The Hall–Kier alpha value is -2.09. The number of rotatable bonds is 2. The maximum absolute atomic E-state index is 12.7. The minimum Gasteiger partial charge on any atom is -0.337 e. The smallest absolute Gasteiger partial charge is 0.337 e. The molecule has 3 rings (SSSR count). The molecule has 0 aliphatic heterocycles. The lowest BCUT2D eigenvalue weighted by molar-refractivity contribution is -0.137. The van der Waals surface area contributed by atoms with E-state index < -0.39 is 11.7 Å². The summed E-state index contributed by atoms with van der Waals surface area (Å²) in [6.45, 7) is 0.397. The van der Waals surface area contributed by atoms with Crippen molar-refractivity contribution in [3.63, 3.8) is 0 Å². The van der Waals surface area contributed by atoms with Gasteiger partial charge in [0, 0.05) is 19.4 Å². The Bertz CT molecular complexity index is 856. The first-order valence-electron chi connectivity index (χ1n) is 6.12. The molecule has 0 amide bonds. The number of H-pyrrole nitrogens is 1. The Balaban J connectivity index is 2.10. The van der Waals surface area contributed by atoms with Crippen LogP contribution < -0.4 is 0 Å². The van der Waals surface area contributed by atoms with Crippen LogP contribution in [0.1, 0.15) is 11.4 Å². The lowest BCUT2D eigenvalue weighted by Crippen LogP contribution is -2.06. The molecule has 0 spiro atoms. The molecule has 0 aliphatic carbocycles. The molecular weight excluding hydrogens is 301 g/mol. The van der Waals surface area contributed by atoms with Gasteiger partial charge in [-0.2, -0.15) is 13.2 Å². The minimum absolute atomic E-state index is 0.365. The van der Waals surface area contributed by atoms with Crippen LogP contribution in [0.2, 0.25) is 0 Å². The molecule has 2 aromatic heterocycles. The second-order valence-electron chi connectivity index (χ2n) is 4.70. The second-order valence-corrected chi connectivity index (χ2v) is 5.09. The summed E-state index contributed by atoms with van der Waals surface area (Å²) in [5.41, 5.74) is 0.287. The van der Waals surface area contributed by atoms with E-state index in [0.29, 0.717) is 22.3 Å². The third-order valence-corrected chi connectivity index (χ3v) is 3.64. The second kappa shape index (κ2) is 4.73. The summed E-state index contributed by atoms with van der Waals surface area (Å²) in [5.74, 6) is 0.770. The molecular formula is C13H11F3N4S. The molecule has 0 fully saturated rings. The Labute approximate surface area is 122 Å². The van der Waals surface area contributed by atoms with Crippen LogP contribution in [0.25, 0.3) is 11.0 Å². The van der Waals surface area contributed by atoms with Gasteiger partial charge in [0.2, 0.25) is 0 Å². The predicted octanol–water partition coefficient (Wildman–Crippen LogP) is 3.50. The van der Waals surface area contributed by atoms with Crippen molar-refractivity contribution >= 4 is 23.3 Å². The molecule has 3 aromatic rings. The number of aromatic amines is 1. The highest BCUT2D eigenvalue weighted by Crippen LogP contribution is 2.31. The van der Waals surface area contributed by atoms with E-state index in [0.717, 1.165) is 18.0 Å². The van der Waals surface area contributed by atoms with Crippen molar-refractivity contribution in [3.05, 3.63) is 46.8 Å². The number of fused-ring (bicyclic) bond motifs is 1. The molecule has 0 saturated carbocycles. The highest BCUT2D eigenvalue weighted by atomic mass is 32.1. The number of aryl methyl sites for hydroxylation is 1. The molecule has 0 saturated heterocycles. The average Bonchev–Trinajstić information content (AvgIpc) is 2.93. The first-order valence-corrected chi connectivity index (χ1v) is 6.53. The largest absolute Gasteiger partial charge is 0.416 e. The molecule has 110 valence electrons. The summed E-state index contributed by atoms with van der Waals surface area (Å²) >= 11 is 5.20. The fraction of sp³-hybridized carbons (Fsp3) is 0.231. The molecule has 0 atom stereocenters. The van der Waals surface area contributed by atoms with Gasteiger partial charge in [0.15, 0.2) is 4.77 Å². The van der Waals surface area contributed by atoms with Gasteiger partial charge in [-0.25, -0.2) is 4.98 Å².